The molecule has 0 amide bonds. The summed E-state index contributed by atoms with van der Waals surface area (Å²) in [5.74, 6) is 1.75. The van der Waals surface area contributed by atoms with E-state index in [1.807, 2.05) is 0 Å². The van der Waals surface area contributed by atoms with E-state index < -0.39 is 5.97 Å². The Morgan fingerprint density at radius 2 is 2.06 bits per heavy atom. The molecule has 0 saturated heterocycles. The molecule has 8 heteroatoms. The lowest BCUT2D eigenvalue weighted by Gasteiger charge is -2.50. The summed E-state index contributed by atoms with van der Waals surface area (Å²) in [5, 5.41) is 17.5. The lowest BCUT2D eigenvalue weighted by Crippen LogP contribution is -2.44. The number of nitrogens with one attached hydrogen (secondary N) is 2. The number of aliphatic carboxylic acids is 1. The molecule has 0 aromatic heterocycles. The number of carboxylic acids is 1. The first-order valence-corrected chi connectivity index (χ1v) is 13.7. The zero-order valence-corrected chi connectivity index (χ0v) is 21.4. The number of hydrogen-bond acceptors (Lipinski definition) is 6. The highest BCUT2D eigenvalue weighted by atomic mass is 35.5. The van der Waals surface area contributed by atoms with Gasteiger partial charge in [-0.25, -0.2) is 10.4 Å². The molecular formula is C27H37ClN4O3. The van der Waals surface area contributed by atoms with Crippen LogP contribution in [0, 0.1) is 23.2 Å². The Morgan fingerprint density at radius 3 is 2.83 bits per heavy atom. The van der Waals surface area contributed by atoms with Crippen molar-refractivity contribution in [2.75, 3.05) is 13.1 Å². The van der Waals surface area contributed by atoms with Crippen molar-refractivity contribution in [3.63, 3.8) is 0 Å². The molecule has 0 unspecified atom stereocenters. The van der Waals surface area contributed by atoms with Crippen LogP contribution in [0.5, 0.6) is 0 Å². The maximum absolute atomic E-state index is 13.0. The highest BCUT2D eigenvalue weighted by Gasteiger charge is 2.56. The second kappa shape index (κ2) is 10.1. The Kier molecular flexibility index (Phi) is 7.06. The minimum absolute atomic E-state index is 0.203. The Balaban J connectivity index is 1.42. The molecule has 0 bridgehead atoms. The molecule has 0 aromatic rings. The Bertz CT molecular complexity index is 1030. The van der Waals surface area contributed by atoms with Gasteiger partial charge in [-0.05, 0) is 80.3 Å². The first-order valence-electron chi connectivity index (χ1n) is 13.4. The number of halogens is 1. The van der Waals surface area contributed by atoms with Gasteiger partial charge < -0.3 is 10.4 Å². The topological polar surface area (TPSA) is 103 Å². The van der Waals surface area contributed by atoms with Crippen LogP contribution in [0.25, 0.3) is 0 Å². The van der Waals surface area contributed by atoms with Gasteiger partial charge >= 0.3 is 5.97 Å². The maximum atomic E-state index is 13.0. The first-order chi connectivity index (χ1) is 16.9. The SMILES string of the molecule is C[C@]12C[C@H](CCCCCC(=O)O)C3=C4CCC(=NNC5=NCCN5)C(Cl)=C4CC[C@H]3[C@@H]1CCC2=O. The van der Waals surface area contributed by atoms with E-state index >= 15 is 0 Å². The summed E-state index contributed by atoms with van der Waals surface area (Å²) in [6.45, 7) is 3.82. The van der Waals surface area contributed by atoms with Crippen LogP contribution in [-0.2, 0) is 9.59 Å². The Hall–Kier alpha value is -2.15. The van der Waals surface area contributed by atoms with Crippen molar-refractivity contribution in [2.24, 2.45) is 33.3 Å². The van der Waals surface area contributed by atoms with Crippen LogP contribution >= 0.6 is 11.6 Å². The zero-order chi connectivity index (χ0) is 24.6. The standard InChI is InChI=1S/C27H37ClN4O3/c1-27-15-16(5-3-2-4-6-23(34)35)24-17-9-11-21(31-32-26-29-13-14-30-26)25(28)18(17)7-8-19(24)20(27)10-12-22(27)33/h16,19-20H,2-15H2,1H3,(H,34,35)(H2,29,30,32)/t16-,19-,20-,27-/m0/s1. The van der Waals surface area contributed by atoms with Crippen molar-refractivity contribution in [1.82, 2.24) is 10.7 Å². The first kappa shape index (κ1) is 24.5. The second-order valence-electron chi connectivity index (χ2n) is 11.1. The molecule has 35 heavy (non-hydrogen) atoms. The molecule has 1 aliphatic heterocycles. The van der Waals surface area contributed by atoms with Crippen LogP contribution in [0.2, 0.25) is 0 Å². The minimum Gasteiger partial charge on any atom is -0.481 e. The van der Waals surface area contributed by atoms with Crippen LogP contribution in [0.4, 0.5) is 0 Å². The summed E-state index contributed by atoms with van der Waals surface area (Å²) < 4.78 is 0. The fraction of sp³-hybridized carbons (Fsp3) is 0.704. The van der Waals surface area contributed by atoms with Crippen LogP contribution < -0.4 is 10.7 Å². The average molecular weight is 501 g/mol. The third-order valence-corrected chi connectivity index (χ3v) is 9.54. The van der Waals surface area contributed by atoms with E-state index in [2.05, 4.69) is 27.8 Å². The van der Waals surface area contributed by atoms with E-state index in [-0.39, 0.29) is 11.8 Å². The highest BCUT2D eigenvalue weighted by molar-refractivity contribution is 6.44. The molecule has 2 fully saturated rings. The van der Waals surface area contributed by atoms with Crippen LogP contribution in [-0.4, -0.2) is 41.6 Å². The highest BCUT2D eigenvalue weighted by Crippen LogP contribution is 2.61. The number of hydrazone groups is 1. The number of hydrogen-bond donors (Lipinski definition) is 3. The number of ketones is 1. The van der Waals surface area contributed by atoms with Gasteiger partial charge in [-0.3, -0.25) is 9.59 Å². The van der Waals surface area contributed by atoms with E-state index in [1.54, 1.807) is 5.57 Å². The lowest BCUT2D eigenvalue weighted by molar-refractivity contribution is -0.137. The molecule has 0 spiro atoms. The number of aliphatic imine (C=N–C) groups is 1. The smallest absolute Gasteiger partial charge is 0.303 e. The summed E-state index contributed by atoms with van der Waals surface area (Å²) in [4.78, 5) is 28.3. The summed E-state index contributed by atoms with van der Waals surface area (Å²) in [5.41, 5.74) is 8.03. The monoisotopic (exact) mass is 500 g/mol. The third-order valence-electron chi connectivity index (χ3n) is 9.10. The number of carbonyl (C=O) groups excluding carboxylic acids is 1. The van der Waals surface area contributed by atoms with Gasteiger partial charge in [0.1, 0.15) is 5.78 Å². The number of carboxylic acid groups (broad SMARTS) is 1. The van der Waals surface area contributed by atoms with Crippen molar-refractivity contribution in [1.29, 1.82) is 0 Å². The van der Waals surface area contributed by atoms with Crippen molar-refractivity contribution in [2.45, 2.75) is 84.0 Å². The van der Waals surface area contributed by atoms with Crippen molar-refractivity contribution in [3.8, 4) is 0 Å². The second-order valence-corrected chi connectivity index (χ2v) is 11.5. The van der Waals surface area contributed by atoms with Gasteiger partial charge in [0, 0.05) is 24.8 Å². The van der Waals surface area contributed by atoms with Crippen molar-refractivity contribution < 1.29 is 14.7 Å². The molecule has 4 aliphatic carbocycles. The molecule has 190 valence electrons. The van der Waals surface area contributed by atoms with Gasteiger partial charge in [-0.15, -0.1) is 0 Å². The molecule has 5 rings (SSSR count). The normalized spacial score (nSPS) is 33.3. The molecule has 4 atom stereocenters. The predicted octanol–water partition coefficient (Wildman–Crippen LogP) is 4.92. The van der Waals surface area contributed by atoms with E-state index in [1.165, 1.54) is 11.1 Å². The number of nitrogens with zero attached hydrogens (tertiary/aromatic N) is 2. The van der Waals surface area contributed by atoms with Gasteiger partial charge in [-0.2, -0.15) is 5.10 Å². The Labute approximate surface area is 212 Å². The molecule has 2 saturated carbocycles. The van der Waals surface area contributed by atoms with E-state index in [9.17, 15) is 9.59 Å². The quantitative estimate of drug-likeness (QED) is 0.340. The molecule has 5 aliphatic rings. The fourth-order valence-corrected chi connectivity index (χ4v) is 7.81. The molecular weight excluding hydrogens is 464 g/mol. The number of guanidine groups is 1. The van der Waals surface area contributed by atoms with Crippen molar-refractivity contribution in [3.05, 3.63) is 21.8 Å². The molecule has 0 radical (unpaired) electrons. The Morgan fingerprint density at radius 1 is 1.20 bits per heavy atom. The zero-order valence-electron chi connectivity index (χ0n) is 20.7. The van der Waals surface area contributed by atoms with Gasteiger partial charge in [0.15, 0.2) is 0 Å². The van der Waals surface area contributed by atoms with E-state index in [0.29, 0.717) is 29.5 Å². The number of fused-ring (bicyclic) bond motifs is 4. The van der Waals surface area contributed by atoms with Crippen LogP contribution in [0.1, 0.15) is 84.0 Å². The average Bonchev–Trinajstić information content (AvgIpc) is 3.45. The predicted molar refractivity (Wildman–Crippen MR) is 137 cm³/mol. The van der Waals surface area contributed by atoms with Gasteiger partial charge in [0.2, 0.25) is 5.96 Å². The third kappa shape index (κ3) is 4.68. The minimum atomic E-state index is -0.721. The van der Waals surface area contributed by atoms with Gasteiger partial charge in [0.25, 0.3) is 0 Å². The number of allylic oxidation sites excluding steroid dienone is 4. The number of unbranched alkanes of at least 4 members (excludes halogenated alkanes) is 2. The van der Waals surface area contributed by atoms with Crippen molar-refractivity contribution >= 4 is 35.0 Å². The molecule has 7 nitrogen and oxygen atoms in total. The van der Waals surface area contributed by atoms with E-state index in [0.717, 1.165) is 94.5 Å². The molecule has 3 N–H and O–H groups in total. The largest absolute Gasteiger partial charge is 0.481 e. The summed E-state index contributed by atoms with van der Waals surface area (Å²) in [6.07, 6.45) is 10.4. The number of Topliss-reactive ketones (excluding diaryl/α,β-unsaturated/α-hetero) is 1. The molecule has 0 aromatic carbocycles. The van der Waals surface area contributed by atoms with Gasteiger partial charge in [0.05, 0.1) is 17.3 Å². The number of rotatable bonds is 7. The maximum Gasteiger partial charge on any atom is 0.303 e. The fourth-order valence-electron chi connectivity index (χ4n) is 7.47. The van der Waals surface area contributed by atoms with E-state index in [4.69, 9.17) is 16.7 Å². The summed E-state index contributed by atoms with van der Waals surface area (Å²) in [7, 11) is 0. The summed E-state index contributed by atoms with van der Waals surface area (Å²) >= 11 is 6.96. The number of carbonyl (C=O) groups is 2. The molecule has 1 heterocycles. The van der Waals surface area contributed by atoms with Gasteiger partial charge in [-0.1, -0.05) is 36.9 Å². The lowest BCUT2D eigenvalue weighted by atomic mass is 9.53. The van der Waals surface area contributed by atoms with Crippen LogP contribution in [0.15, 0.2) is 31.8 Å². The van der Waals surface area contributed by atoms with Crippen LogP contribution in [0.3, 0.4) is 0 Å². The summed E-state index contributed by atoms with van der Waals surface area (Å²) in [6, 6.07) is 0.